The van der Waals surface area contributed by atoms with Gasteiger partial charge in [0, 0.05) is 13.2 Å². The van der Waals surface area contributed by atoms with Crippen LogP contribution in [0.4, 0.5) is 0 Å². The molecule has 0 aromatic rings. The Morgan fingerprint density at radius 3 is 2.75 bits per heavy atom. The van der Waals surface area contributed by atoms with Gasteiger partial charge in [0.05, 0.1) is 0 Å². The highest BCUT2D eigenvalue weighted by Gasteiger charge is 1.74. The molecule has 0 spiro atoms. The fourth-order valence-corrected chi connectivity index (χ4v) is 0.502. The summed E-state index contributed by atoms with van der Waals surface area (Å²) in [5, 5.41) is 3.83. The van der Waals surface area contributed by atoms with Crippen molar-refractivity contribution in [1.29, 1.82) is 0 Å². The maximum atomic E-state index is 3.83. The zero-order chi connectivity index (χ0) is 6.24. The number of nitrogens with zero attached hydrogens (tertiary/aromatic N) is 1. The van der Waals surface area contributed by atoms with Crippen molar-refractivity contribution in [3.63, 3.8) is 0 Å². The lowest BCUT2D eigenvalue weighted by atomic mass is 10.2. The molecule has 0 aliphatic carbocycles. The second-order valence-corrected chi connectivity index (χ2v) is 1.79. The first-order chi connectivity index (χ1) is 3.91. The van der Waals surface area contributed by atoms with Gasteiger partial charge in [-0.1, -0.05) is 25.8 Å². The van der Waals surface area contributed by atoms with Gasteiger partial charge in [0.15, 0.2) is 0 Å². The van der Waals surface area contributed by atoms with Gasteiger partial charge < -0.3 is 0 Å². The van der Waals surface area contributed by atoms with Gasteiger partial charge in [-0.3, -0.25) is 5.32 Å². The summed E-state index contributed by atoms with van der Waals surface area (Å²) in [4.78, 5) is 0. The summed E-state index contributed by atoms with van der Waals surface area (Å²) in [5.41, 5.74) is 0. The van der Waals surface area contributed by atoms with E-state index in [0.29, 0.717) is 0 Å². The van der Waals surface area contributed by atoms with E-state index >= 15 is 0 Å². The van der Waals surface area contributed by atoms with E-state index < -0.39 is 0 Å². The van der Waals surface area contributed by atoms with Crippen LogP contribution in [0, 0.1) is 0 Å². The summed E-state index contributed by atoms with van der Waals surface area (Å²) < 4.78 is 0. The maximum Gasteiger partial charge on any atom is 0.0276 e. The molecule has 0 saturated heterocycles. The summed E-state index contributed by atoms with van der Waals surface area (Å²) in [6, 6.07) is 0. The number of hydrogen-bond acceptors (Lipinski definition) is 0. The van der Waals surface area contributed by atoms with E-state index in [1.807, 2.05) is 6.20 Å². The lowest BCUT2D eigenvalue weighted by molar-refractivity contribution is 0.810. The number of rotatable bonds is 4. The van der Waals surface area contributed by atoms with Crippen LogP contribution in [0.1, 0.15) is 26.2 Å². The van der Waals surface area contributed by atoms with Gasteiger partial charge in [0.2, 0.25) is 0 Å². The Morgan fingerprint density at radius 2 is 2.25 bits per heavy atom. The summed E-state index contributed by atoms with van der Waals surface area (Å²) >= 11 is 0. The van der Waals surface area contributed by atoms with Crippen molar-refractivity contribution in [2.45, 2.75) is 26.2 Å². The summed E-state index contributed by atoms with van der Waals surface area (Å²) in [6.07, 6.45) is 7.69. The Bertz CT molecular complexity index is 57.4. The second-order valence-electron chi connectivity index (χ2n) is 1.79. The second kappa shape index (κ2) is 6.54. The third-order valence-electron chi connectivity index (χ3n) is 0.979. The van der Waals surface area contributed by atoms with Crippen LogP contribution in [0.2, 0.25) is 0 Å². The minimum atomic E-state index is 1.17. The van der Waals surface area contributed by atoms with E-state index in [-0.39, 0.29) is 0 Å². The van der Waals surface area contributed by atoms with Crippen LogP contribution in [-0.2, 0) is 0 Å². The normalized spacial score (nSPS) is 10.2. The molecule has 8 heavy (non-hydrogen) atoms. The lowest BCUT2D eigenvalue weighted by Gasteiger charge is -1.85. The van der Waals surface area contributed by atoms with E-state index in [9.17, 15) is 0 Å². The molecule has 0 amide bonds. The number of unbranched alkanes of at least 4 members (excludes halogenated alkanes) is 2. The number of allylic oxidation sites excluding steroid dienone is 1. The fourth-order valence-electron chi connectivity index (χ4n) is 0.502. The Morgan fingerprint density at radius 1 is 1.50 bits per heavy atom. The largest absolute Gasteiger partial charge is 0.297 e. The maximum absolute atomic E-state index is 3.83. The van der Waals surface area contributed by atoms with E-state index in [0.717, 1.165) is 0 Å². The van der Waals surface area contributed by atoms with Crippen LogP contribution in [0.3, 0.4) is 0 Å². The quantitative estimate of drug-likeness (QED) is 0.493. The zero-order valence-corrected chi connectivity index (χ0v) is 5.72. The Balaban J connectivity index is 2.80. The van der Waals surface area contributed by atoms with Crippen molar-refractivity contribution in [3.05, 3.63) is 12.3 Å². The molecule has 0 saturated carbocycles. The molecule has 0 heterocycles. The Labute approximate surface area is 51.8 Å². The third-order valence-corrected chi connectivity index (χ3v) is 0.979. The first-order valence-corrected chi connectivity index (χ1v) is 3.15. The van der Waals surface area contributed by atoms with Crippen molar-refractivity contribution in [1.82, 2.24) is 5.32 Å². The smallest absolute Gasteiger partial charge is 0.0276 e. The van der Waals surface area contributed by atoms with E-state index in [2.05, 4.69) is 18.3 Å². The molecular formula is C7H14N. The minimum Gasteiger partial charge on any atom is -0.297 e. The van der Waals surface area contributed by atoms with Gasteiger partial charge in [-0.05, 0) is 6.42 Å². The van der Waals surface area contributed by atoms with Gasteiger partial charge in [-0.2, -0.15) is 0 Å². The highest BCUT2D eigenvalue weighted by Crippen LogP contribution is 1.93. The zero-order valence-electron chi connectivity index (χ0n) is 5.72. The molecule has 0 bridgehead atoms. The predicted octanol–water partition coefficient (Wildman–Crippen LogP) is 1.92. The van der Waals surface area contributed by atoms with E-state index in [1.54, 1.807) is 7.05 Å². The van der Waals surface area contributed by atoms with Gasteiger partial charge in [-0.25, -0.2) is 0 Å². The molecule has 0 aliphatic rings. The molecular weight excluding hydrogens is 98.1 g/mol. The van der Waals surface area contributed by atoms with E-state index in [4.69, 9.17) is 0 Å². The van der Waals surface area contributed by atoms with Gasteiger partial charge in [0.1, 0.15) is 0 Å². The topological polar surface area (TPSA) is 14.1 Å². The minimum absolute atomic E-state index is 1.17. The van der Waals surface area contributed by atoms with Crippen LogP contribution in [-0.4, -0.2) is 7.05 Å². The average molecular weight is 112 g/mol. The fraction of sp³-hybridized carbons (Fsp3) is 0.714. The summed E-state index contributed by atoms with van der Waals surface area (Å²) in [6.45, 7) is 2.19. The molecule has 0 aromatic heterocycles. The molecule has 0 rings (SSSR count). The molecule has 47 valence electrons. The summed E-state index contributed by atoms with van der Waals surface area (Å²) in [5.74, 6) is 0. The van der Waals surface area contributed by atoms with Crippen LogP contribution in [0.25, 0.3) is 0 Å². The van der Waals surface area contributed by atoms with Crippen LogP contribution >= 0.6 is 0 Å². The van der Waals surface area contributed by atoms with Gasteiger partial charge >= 0.3 is 0 Å². The first-order valence-electron chi connectivity index (χ1n) is 3.15. The summed E-state index contributed by atoms with van der Waals surface area (Å²) in [7, 11) is 1.79. The van der Waals surface area contributed by atoms with Gasteiger partial charge in [-0.15, -0.1) is 0 Å². The Hall–Kier alpha value is -0.460. The molecule has 0 atom stereocenters. The number of hydrogen-bond donors (Lipinski definition) is 0. The molecule has 1 heteroatoms. The van der Waals surface area contributed by atoms with Crippen LogP contribution in [0.5, 0.6) is 0 Å². The highest BCUT2D eigenvalue weighted by molar-refractivity contribution is 4.76. The molecule has 0 aliphatic heterocycles. The van der Waals surface area contributed by atoms with Crippen molar-refractivity contribution < 1.29 is 0 Å². The van der Waals surface area contributed by atoms with Gasteiger partial charge in [0.25, 0.3) is 0 Å². The van der Waals surface area contributed by atoms with Crippen molar-refractivity contribution in [2.75, 3.05) is 7.05 Å². The molecule has 0 unspecified atom stereocenters. The Kier molecular flexibility index (Phi) is 6.16. The van der Waals surface area contributed by atoms with Crippen LogP contribution < -0.4 is 5.32 Å². The predicted molar refractivity (Wildman–Crippen MR) is 36.7 cm³/mol. The SMILES string of the molecule is CCCCC=C[N]C. The molecule has 1 nitrogen and oxygen atoms in total. The average Bonchev–Trinajstić information content (AvgIpc) is 1.81. The van der Waals surface area contributed by atoms with Crippen LogP contribution in [0.15, 0.2) is 12.3 Å². The molecule has 0 aromatic carbocycles. The van der Waals surface area contributed by atoms with Crippen molar-refractivity contribution >= 4 is 0 Å². The van der Waals surface area contributed by atoms with Crippen molar-refractivity contribution in [3.8, 4) is 0 Å². The van der Waals surface area contributed by atoms with E-state index in [1.165, 1.54) is 19.3 Å². The molecule has 0 N–H and O–H groups in total. The third kappa shape index (κ3) is 5.54. The highest BCUT2D eigenvalue weighted by atomic mass is 14.8. The molecule has 1 radical (unpaired) electrons. The lowest BCUT2D eigenvalue weighted by Crippen LogP contribution is -1.79. The monoisotopic (exact) mass is 112 g/mol. The first kappa shape index (κ1) is 7.54. The van der Waals surface area contributed by atoms with Crippen molar-refractivity contribution in [2.24, 2.45) is 0 Å². The molecule has 0 fully saturated rings. The standard InChI is InChI=1S/C7H14N/c1-3-4-5-6-7-8-2/h6-7H,3-5H2,1-2H3.